The van der Waals surface area contributed by atoms with Crippen molar-refractivity contribution in [3.63, 3.8) is 0 Å². The Labute approximate surface area is 86.9 Å². The summed E-state index contributed by atoms with van der Waals surface area (Å²) in [6.07, 6.45) is 4.01. The summed E-state index contributed by atoms with van der Waals surface area (Å²) in [6.45, 7) is 0. The number of hydrogen-bond acceptors (Lipinski definition) is 3. The second kappa shape index (κ2) is 4.08. The van der Waals surface area contributed by atoms with Crippen LogP contribution in [0, 0.1) is 0 Å². The molecule has 1 aromatic rings. The van der Waals surface area contributed by atoms with Crippen LogP contribution in [0.25, 0.3) is 0 Å². The fourth-order valence-electron chi connectivity index (χ4n) is 1.77. The highest BCUT2D eigenvalue weighted by molar-refractivity contribution is 5.33. The predicted molar refractivity (Wildman–Crippen MR) is 52.9 cm³/mol. The molecule has 0 aliphatic heterocycles. The van der Waals surface area contributed by atoms with Crippen LogP contribution in [0.2, 0.25) is 0 Å². The maximum atomic E-state index is 12.9. The molecule has 0 radical (unpaired) electrons. The lowest BCUT2D eigenvalue weighted by molar-refractivity contribution is -0.0361. The molecule has 2 rings (SSSR count). The predicted octanol–water partition coefficient (Wildman–Crippen LogP) is 2.47. The van der Waals surface area contributed by atoms with Gasteiger partial charge >= 0.3 is 0 Å². The van der Waals surface area contributed by atoms with Crippen molar-refractivity contribution >= 4 is 5.82 Å². The molecule has 5 heteroatoms. The highest BCUT2D eigenvalue weighted by Crippen LogP contribution is 2.33. The number of nitrogens with one attached hydrogen (secondary N) is 1. The number of alkyl halides is 2. The van der Waals surface area contributed by atoms with Gasteiger partial charge in [-0.1, -0.05) is 0 Å². The molecule has 0 spiro atoms. The number of rotatable bonds is 2. The molecule has 1 aliphatic rings. The quantitative estimate of drug-likeness (QED) is 0.820. The van der Waals surface area contributed by atoms with Gasteiger partial charge in [0.1, 0.15) is 12.1 Å². The van der Waals surface area contributed by atoms with E-state index >= 15 is 0 Å². The van der Waals surface area contributed by atoms with E-state index in [-0.39, 0.29) is 18.9 Å². The van der Waals surface area contributed by atoms with Crippen molar-refractivity contribution in [3.8, 4) is 0 Å². The van der Waals surface area contributed by atoms with Crippen LogP contribution < -0.4 is 5.32 Å². The van der Waals surface area contributed by atoms with Gasteiger partial charge in [-0.05, 0) is 18.9 Å². The van der Waals surface area contributed by atoms with Crippen LogP contribution in [-0.2, 0) is 0 Å². The average Bonchev–Trinajstić information content (AvgIpc) is 2.23. The second-order valence-electron chi connectivity index (χ2n) is 3.87. The highest BCUT2D eigenvalue weighted by atomic mass is 19.3. The van der Waals surface area contributed by atoms with Gasteiger partial charge in [-0.15, -0.1) is 0 Å². The molecule has 1 N–H and O–H groups in total. The van der Waals surface area contributed by atoms with Crippen molar-refractivity contribution in [1.29, 1.82) is 0 Å². The first-order valence-corrected chi connectivity index (χ1v) is 5.06. The maximum absolute atomic E-state index is 12.9. The third-order valence-corrected chi connectivity index (χ3v) is 2.65. The fourth-order valence-corrected chi connectivity index (χ4v) is 1.77. The van der Waals surface area contributed by atoms with E-state index in [4.69, 9.17) is 0 Å². The molecule has 1 saturated carbocycles. The van der Waals surface area contributed by atoms with Gasteiger partial charge in [-0.25, -0.2) is 18.7 Å². The maximum Gasteiger partial charge on any atom is 0.248 e. The SMILES string of the molecule is FC1(F)CCC(Nc2ccncn2)CC1. The van der Waals surface area contributed by atoms with E-state index < -0.39 is 5.92 Å². The smallest absolute Gasteiger partial charge is 0.248 e. The molecule has 1 heterocycles. The number of anilines is 1. The van der Waals surface area contributed by atoms with Crippen molar-refractivity contribution < 1.29 is 8.78 Å². The van der Waals surface area contributed by atoms with Crippen molar-refractivity contribution in [2.75, 3.05) is 5.32 Å². The van der Waals surface area contributed by atoms with E-state index in [9.17, 15) is 8.78 Å². The Morgan fingerprint density at radius 2 is 2.07 bits per heavy atom. The van der Waals surface area contributed by atoms with E-state index in [0.29, 0.717) is 18.7 Å². The molecule has 0 saturated heterocycles. The largest absolute Gasteiger partial charge is 0.367 e. The van der Waals surface area contributed by atoms with Crippen LogP contribution in [0.15, 0.2) is 18.6 Å². The first-order valence-electron chi connectivity index (χ1n) is 5.06. The van der Waals surface area contributed by atoms with Gasteiger partial charge in [-0.3, -0.25) is 0 Å². The lowest BCUT2D eigenvalue weighted by Crippen LogP contribution is -2.32. The monoisotopic (exact) mass is 213 g/mol. The van der Waals surface area contributed by atoms with Gasteiger partial charge in [-0.2, -0.15) is 0 Å². The fraction of sp³-hybridized carbons (Fsp3) is 0.600. The van der Waals surface area contributed by atoms with Gasteiger partial charge in [0.05, 0.1) is 0 Å². The Kier molecular flexibility index (Phi) is 2.79. The summed E-state index contributed by atoms with van der Waals surface area (Å²) >= 11 is 0. The van der Waals surface area contributed by atoms with Crippen molar-refractivity contribution in [3.05, 3.63) is 18.6 Å². The van der Waals surface area contributed by atoms with E-state index in [1.165, 1.54) is 6.33 Å². The molecular weight excluding hydrogens is 200 g/mol. The summed E-state index contributed by atoms with van der Waals surface area (Å²) in [4.78, 5) is 7.79. The molecular formula is C10H13F2N3. The normalized spacial score (nSPS) is 21.2. The van der Waals surface area contributed by atoms with Crippen LogP contribution in [0.4, 0.5) is 14.6 Å². The first-order chi connectivity index (χ1) is 7.16. The van der Waals surface area contributed by atoms with Crippen LogP contribution in [0.5, 0.6) is 0 Å². The number of halogens is 2. The molecule has 0 atom stereocenters. The van der Waals surface area contributed by atoms with Crippen molar-refractivity contribution in [2.24, 2.45) is 0 Å². The molecule has 15 heavy (non-hydrogen) atoms. The average molecular weight is 213 g/mol. The van der Waals surface area contributed by atoms with Crippen LogP contribution in [0.3, 0.4) is 0 Å². The molecule has 1 fully saturated rings. The molecule has 0 aromatic carbocycles. The summed E-state index contributed by atoms with van der Waals surface area (Å²) in [6, 6.07) is 1.85. The van der Waals surface area contributed by atoms with E-state index in [0.717, 1.165) is 0 Å². The zero-order valence-corrected chi connectivity index (χ0v) is 8.29. The minimum atomic E-state index is -2.47. The first kappa shape index (κ1) is 10.3. The molecule has 1 aromatic heterocycles. The van der Waals surface area contributed by atoms with E-state index in [1.54, 1.807) is 12.3 Å². The molecule has 0 amide bonds. The molecule has 0 bridgehead atoms. The Morgan fingerprint density at radius 1 is 1.33 bits per heavy atom. The summed E-state index contributed by atoms with van der Waals surface area (Å²) in [5, 5.41) is 3.13. The third-order valence-electron chi connectivity index (χ3n) is 2.65. The standard InChI is InChI=1S/C10H13F2N3/c11-10(12)4-1-8(2-5-10)15-9-3-6-13-7-14-9/h3,6-8H,1-2,4-5H2,(H,13,14,15). The number of aromatic nitrogens is 2. The summed E-state index contributed by atoms with van der Waals surface area (Å²) in [5.41, 5.74) is 0. The number of hydrogen-bond donors (Lipinski definition) is 1. The van der Waals surface area contributed by atoms with Gasteiger partial charge in [0.2, 0.25) is 5.92 Å². The topological polar surface area (TPSA) is 37.8 Å². The lowest BCUT2D eigenvalue weighted by atomic mass is 9.92. The number of nitrogens with zero attached hydrogens (tertiary/aromatic N) is 2. The van der Waals surface area contributed by atoms with E-state index in [2.05, 4.69) is 15.3 Å². The minimum Gasteiger partial charge on any atom is -0.367 e. The molecule has 0 unspecified atom stereocenters. The van der Waals surface area contributed by atoms with Crippen LogP contribution in [-0.4, -0.2) is 21.9 Å². The summed E-state index contributed by atoms with van der Waals surface area (Å²) in [5.74, 6) is -1.76. The Balaban J connectivity index is 1.88. The zero-order valence-electron chi connectivity index (χ0n) is 8.29. The minimum absolute atomic E-state index is 0.0320. The lowest BCUT2D eigenvalue weighted by Gasteiger charge is -2.28. The zero-order chi connectivity index (χ0) is 10.7. The summed E-state index contributed by atoms with van der Waals surface area (Å²) < 4.78 is 25.7. The van der Waals surface area contributed by atoms with Gasteiger partial charge in [0.15, 0.2) is 0 Å². The van der Waals surface area contributed by atoms with E-state index in [1.807, 2.05) is 0 Å². The Morgan fingerprint density at radius 3 is 2.67 bits per heavy atom. The third kappa shape index (κ3) is 2.84. The van der Waals surface area contributed by atoms with Gasteiger partial charge < -0.3 is 5.32 Å². The van der Waals surface area contributed by atoms with Crippen molar-refractivity contribution in [2.45, 2.75) is 37.6 Å². The van der Waals surface area contributed by atoms with Gasteiger partial charge in [0, 0.05) is 25.1 Å². The van der Waals surface area contributed by atoms with Gasteiger partial charge in [0.25, 0.3) is 0 Å². The van der Waals surface area contributed by atoms with Crippen molar-refractivity contribution in [1.82, 2.24) is 9.97 Å². The van der Waals surface area contributed by atoms with Crippen LogP contribution in [0.1, 0.15) is 25.7 Å². The Hall–Kier alpha value is -1.26. The molecule has 82 valence electrons. The molecule has 3 nitrogen and oxygen atoms in total. The van der Waals surface area contributed by atoms with Crippen LogP contribution >= 0.6 is 0 Å². The Bertz CT molecular complexity index is 306. The second-order valence-corrected chi connectivity index (χ2v) is 3.87. The highest BCUT2D eigenvalue weighted by Gasteiger charge is 2.34. The summed E-state index contributed by atoms with van der Waals surface area (Å²) in [7, 11) is 0. The molecule has 1 aliphatic carbocycles.